The first-order valence-electron chi connectivity index (χ1n) is 9.17. The molecule has 1 aromatic carbocycles. The summed E-state index contributed by atoms with van der Waals surface area (Å²) < 4.78 is 13.4. The fourth-order valence-electron chi connectivity index (χ4n) is 3.77. The van der Waals surface area contributed by atoms with Crippen LogP contribution < -0.4 is 10.6 Å². The van der Waals surface area contributed by atoms with Crippen molar-refractivity contribution in [3.63, 3.8) is 0 Å². The van der Waals surface area contributed by atoms with Gasteiger partial charge >= 0.3 is 0 Å². The molecule has 2 aliphatic rings. The van der Waals surface area contributed by atoms with E-state index in [-0.39, 0.29) is 23.7 Å². The van der Waals surface area contributed by atoms with Gasteiger partial charge in [-0.05, 0) is 62.8 Å². The zero-order valence-corrected chi connectivity index (χ0v) is 14.5. The molecule has 0 spiro atoms. The third-order valence-corrected chi connectivity index (χ3v) is 5.08. The summed E-state index contributed by atoms with van der Waals surface area (Å²) in [6.07, 6.45) is 5.39. The molecule has 6 heteroatoms. The van der Waals surface area contributed by atoms with Crippen LogP contribution in [0.25, 0.3) is 0 Å². The number of rotatable bonds is 5. The first-order chi connectivity index (χ1) is 12.1. The summed E-state index contributed by atoms with van der Waals surface area (Å²) in [4.78, 5) is 26.5. The minimum Gasteiger partial charge on any atom is -0.354 e. The Bertz CT molecular complexity index is 622. The summed E-state index contributed by atoms with van der Waals surface area (Å²) in [7, 11) is 0. The predicted octanol–water partition coefficient (Wildman–Crippen LogP) is 1.62. The van der Waals surface area contributed by atoms with E-state index in [0.717, 1.165) is 44.2 Å². The average molecular weight is 347 g/mol. The average Bonchev–Trinajstić information content (AvgIpc) is 2.89. The Morgan fingerprint density at radius 1 is 1.28 bits per heavy atom. The van der Waals surface area contributed by atoms with Crippen LogP contribution in [0, 0.1) is 5.82 Å². The molecule has 1 aromatic rings. The van der Waals surface area contributed by atoms with E-state index < -0.39 is 6.04 Å². The van der Waals surface area contributed by atoms with Gasteiger partial charge in [-0.15, -0.1) is 0 Å². The van der Waals surface area contributed by atoms with Crippen molar-refractivity contribution < 1.29 is 14.0 Å². The van der Waals surface area contributed by atoms with Crippen molar-refractivity contribution in [2.45, 2.75) is 50.6 Å². The van der Waals surface area contributed by atoms with Gasteiger partial charge in [0.1, 0.15) is 11.9 Å². The van der Waals surface area contributed by atoms with Gasteiger partial charge in [-0.2, -0.15) is 0 Å². The van der Waals surface area contributed by atoms with Crippen LogP contribution in [0.4, 0.5) is 4.39 Å². The summed E-state index contributed by atoms with van der Waals surface area (Å²) in [6, 6.07) is 6.49. The van der Waals surface area contributed by atoms with Crippen molar-refractivity contribution in [3.05, 3.63) is 35.6 Å². The number of hydrogen-bond acceptors (Lipinski definition) is 3. The molecule has 3 rings (SSSR count). The largest absolute Gasteiger partial charge is 0.354 e. The molecule has 136 valence electrons. The molecule has 0 bridgehead atoms. The lowest BCUT2D eigenvalue weighted by Crippen LogP contribution is -2.49. The second-order valence-electron chi connectivity index (χ2n) is 7.01. The van der Waals surface area contributed by atoms with E-state index in [9.17, 15) is 14.0 Å². The van der Waals surface area contributed by atoms with Gasteiger partial charge in [-0.1, -0.05) is 12.1 Å². The van der Waals surface area contributed by atoms with E-state index in [2.05, 4.69) is 15.5 Å². The lowest BCUT2D eigenvalue weighted by Gasteiger charge is -2.25. The van der Waals surface area contributed by atoms with Crippen LogP contribution >= 0.6 is 0 Å². The maximum absolute atomic E-state index is 13.4. The maximum Gasteiger partial charge on any atom is 0.242 e. The smallest absolute Gasteiger partial charge is 0.242 e. The highest BCUT2D eigenvalue weighted by Crippen LogP contribution is 2.21. The van der Waals surface area contributed by atoms with Gasteiger partial charge in [0.05, 0.1) is 6.54 Å². The van der Waals surface area contributed by atoms with Crippen LogP contribution in [0.5, 0.6) is 0 Å². The summed E-state index contributed by atoms with van der Waals surface area (Å²) >= 11 is 0. The Morgan fingerprint density at radius 3 is 3.00 bits per heavy atom. The van der Waals surface area contributed by atoms with Gasteiger partial charge in [-0.25, -0.2) is 4.39 Å². The van der Waals surface area contributed by atoms with Gasteiger partial charge in [0.2, 0.25) is 11.8 Å². The molecular weight excluding hydrogens is 321 g/mol. The number of carbonyl (C=O) groups is 2. The first kappa shape index (κ1) is 17.9. The number of nitrogens with one attached hydrogen (secondary N) is 2. The Kier molecular flexibility index (Phi) is 6.02. The van der Waals surface area contributed by atoms with Crippen molar-refractivity contribution in [3.8, 4) is 0 Å². The molecule has 25 heavy (non-hydrogen) atoms. The van der Waals surface area contributed by atoms with Crippen molar-refractivity contribution >= 4 is 11.8 Å². The summed E-state index contributed by atoms with van der Waals surface area (Å²) in [6.45, 7) is 1.85. The normalized spacial score (nSPS) is 24.6. The molecule has 5 nitrogen and oxygen atoms in total. The van der Waals surface area contributed by atoms with Crippen LogP contribution in [-0.2, 0) is 16.0 Å². The summed E-state index contributed by atoms with van der Waals surface area (Å²) in [5, 5.41) is 5.71. The lowest BCUT2D eigenvalue weighted by atomic mass is 10.0. The fraction of sp³-hybridized carbons (Fsp3) is 0.579. The molecule has 2 heterocycles. The number of likely N-dealkylation sites (tertiary alicyclic amines) is 1. The number of amides is 2. The fourth-order valence-corrected chi connectivity index (χ4v) is 3.77. The highest BCUT2D eigenvalue weighted by molar-refractivity contribution is 5.88. The lowest BCUT2D eigenvalue weighted by molar-refractivity contribution is -0.129. The molecule has 2 N–H and O–H groups in total. The monoisotopic (exact) mass is 347 g/mol. The van der Waals surface area contributed by atoms with Crippen LogP contribution in [-0.4, -0.2) is 48.4 Å². The van der Waals surface area contributed by atoms with Gasteiger partial charge in [-0.3, -0.25) is 14.5 Å². The number of hydrogen-bond donors (Lipinski definition) is 2. The molecular formula is C19H26FN3O2. The second kappa shape index (κ2) is 8.43. The Hall–Kier alpha value is -1.95. The van der Waals surface area contributed by atoms with Gasteiger partial charge in [0, 0.05) is 12.6 Å². The second-order valence-corrected chi connectivity index (χ2v) is 7.01. The molecule has 2 fully saturated rings. The maximum atomic E-state index is 13.4. The van der Waals surface area contributed by atoms with Gasteiger partial charge in [0.25, 0.3) is 0 Å². The molecule has 0 radical (unpaired) electrons. The minimum atomic E-state index is -0.417. The SMILES string of the molecule is O=C(CN1CCC[C@H]1Cc1cccc(F)c1)N[C@H]1CCCCNC1=O. The van der Waals surface area contributed by atoms with E-state index in [1.165, 1.54) is 6.07 Å². The van der Waals surface area contributed by atoms with Gasteiger partial charge < -0.3 is 10.6 Å². The van der Waals surface area contributed by atoms with Crippen LogP contribution in [0.1, 0.15) is 37.7 Å². The van der Waals surface area contributed by atoms with Crippen LogP contribution in [0.3, 0.4) is 0 Å². The first-order valence-corrected chi connectivity index (χ1v) is 9.17. The van der Waals surface area contributed by atoms with E-state index in [1.54, 1.807) is 12.1 Å². The van der Waals surface area contributed by atoms with Crippen molar-refractivity contribution in [2.75, 3.05) is 19.6 Å². The molecule has 2 aliphatic heterocycles. The van der Waals surface area contributed by atoms with Crippen molar-refractivity contribution in [2.24, 2.45) is 0 Å². The van der Waals surface area contributed by atoms with E-state index >= 15 is 0 Å². The van der Waals surface area contributed by atoms with Crippen molar-refractivity contribution in [1.82, 2.24) is 15.5 Å². The highest BCUT2D eigenvalue weighted by Gasteiger charge is 2.28. The molecule has 0 saturated carbocycles. The number of nitrogens with zero attached hydrogens (tertiary/aromatic N) is 1. The molecule has 2 saturated heterocycles. The van der Waals surface area contributed by atoms with E-state index in [1.807, 2.05) is 6.07 Å². The zero-order valence-electron chi connectivity index (χ0n) is 14.5. The Morgan fingerprint density at radius 2 is 2.16 bits per heavy atom. The zero-order chi connectivity index (χ0) is 17.6. The molecule has 2 amide bonds. The van der Waals surface area contributed by atoms with E-state index in [0.29, 0.717) is 19.5 Å². The van der Waals surface area contributed by atoms with Crippen LogP contribution in [0.15, 0.2) is 24.3 Å². The Balaban J connectivity index is 1.53. The van der Waals surface area contributed by atoms with Crippen molar-refractivity contribution in [1.29, 1.82) is 0 Å². The molecule has 0 aliphatic carbocycles. The van der Waals surface area contributed by atoms with Gasteiger partial charge in [0.15, 0.2) is 0 Å². The number of halogens is 1. The molecule has 2 atom stereocenters. The summed E-state index contributed by atoms with van der Waals surface area (Å²) in [5.41, 5.74) is 0.959. The third kappa shape index (κ3) is 5.01. The number of carbonyl (C=O) groups excluding carboxylic acids is 2. The Labute approximate surface area is 148 Å². The standard InChI is InChI=1S/C19H26FN3O2/c20-15-6-3-5-14(11-15)12-16-7-4-10-23(16)13-18(24)22-17-8-1-2-9-21-19(17)25/h3,5-6,11,16-17H,1-2,4,7-10,12-13H2,(H,21,25)(H,22,24)/t16-,17-/m0/s1. The number of benzene rings is 1. The molecule has 0 unspecified atom stereocenters. The molecule has 0 aromatic heterocycles. The summed E-state index contributed by atoms with van der Waals surface area (Å²) in [5.74, 6) is -0.407. The quantitative estimate of drug-likeness (QED) is 0.851. The van der Waals surface area contributed by atoms with E-state index in [4.69, 9.17) is 0 Å². The predicted molar refractivity (Wildman–Crippen MR) is 93.5 cm³/mol. The van der Waals surface area contributed by atoms with Crippen LogP contribution in [0.2, 0.25) is 0 Å². The topological polar surface area (TPSA) is 61.4 Å². The minimum absolute atomic E-state index is 0.0800. The highest BCUT2D eigenvalue weighted by atomic mass is 19.1. The third-order valence-electron chi connectivity index (χ3n) is 5.08.